The number of likely N-dealkylation sites (N-methyl/N-ethyl adjacent to an activating group) is 1. The van der Waals surface area contributed by atoms with Crippen LogP contribution in [0.2, 0.25) is 0 Å². The van der Waals surface area contributed by atoms with Gasteiger partial charge in [0.05, 0.1) is 0 Å². The molecule has 2 aromatic carbocycles. The number of anilines is 1. The van der Waals surface area contributed by atoms with E-state index in [4.69, 9.17) is 4.74 Å². The first kappa shape index (κ1) is 30.9. The van der Waals surface area contributed by atoms with Gasteiger partial charge in [-0.3, -0.25) is 4.79 Å². The van der Waals surface area contributed by atoms with E-state index in [1.165, 1.54) is 30.5 Å². The number of hydrogen-bond acceptors (Lipinski definition) is 5. The molecule has 2 fully saturated rings. The van der Waals surface area contributed by atoms with Gasteiger partial charge >= 0.3 is 6.03 Å². The molecule has 4 atom stereocenters. The summed E-state index contributed by atoms with van der Waals surface area (Å²) in [4.78, 5) is 31.4. The Morgan fingerprint density at radius 3 is 2.56 bits per heavy atom. The summed E-state index contributed by atoms with van der Waals surface area (Å²) in [5, 5.41) is 9.79. The van der Waals surface area contributed by atoms with Crippen molar-refractivity contribution in [3.63, 3.8) is 0 Å². The van der Waals surface area contributed by atoms with Gasteiger partial charge in [0.1, 0.15) is 23.7 Å². The van der Waals surface area contributed by atoms with Gasteiger partial charge in [0.25, 0.3) is 0 Å². The van der Waals surface area contributed by atoms with Crippen molar-refractivity contribution in [2.24, 2.45) is 11.8 Å². The molecule has 9 heteroatoms. The van der Waals surface area contributed by atoms with Crippen LogP contribution in [0.1, 0.15) is 51.0 Å². The molecular weight excluding hydrogens is 545 g/mol. The minimum atomic E-state index is -0.722. The molecule has 1 saturated carbocycles. The lowest BCUT2D eigenvalue weighted by Gasteiger charge is -2.35. The Morgan fingerprint density at radius 1 is 1.07 bits per heavy atom. The summed E-state index contributed by atoms with van der Waals surface area (Å²) in [5.41, 5.74) is 3.11. The summed E-state index contributed by atoms with van der Waals surface area (Å²) < 4.78 is 19.3. The van der Waals surface area contributed by atoms with Gasteiger partial charge in [-0.05, 0) is 87.1 Å². The van der Waals surface area contributed by atoms with Crippen LogP contribution in [0.15, 0.2) is 60.3 Å². The first-order valence-corrected chi connectivity index (χ1v) is 15.7. The number of nitrogens with one attached hydrogen (secondary N) is 3. The summed E-state index contributed by atoms with van der Waals surface area (Å²) in [7, 11) is 4.09. The Balaban J connectivity index is 1.25. The number of halogens is 1. The average molecular weight is 592 g/mol. The number of likely N-dealkylation sites (tertiary alicyclic amines) is 1. The van der Waals surface area contributed by atoms with Crippen LogP contribution in [0.4, 0.5) is 14.9 Å². The molecule has 232 valence electrons. The second-order valence-corrected chi connectivity index (χ2v) is 12.5. The second-order valence-electron chi connectivity index (χ2n) is 12.5. The quantitative estimate of drug-likeness (QED) is 0.355. The molecule has 2 heterocycles. The smallest absolute Gasteiger partial charge is 0.318 e. The third-order valence-corrected chi connectivity index (χ3v) is 9.13. The number of nitrogens with zero attached hydrogens (tertiary/aromatic N) is 2. The van der Waals surface area contributed by atoms with Crippen molar-refractivity contribution in [3.8, 4) is 5.75 Å². The highest BCUT2D eigenvalue weighted by molar-refractivity contribution is 5.97. The maximum atomic E-state index is 13.9. The number of benzene rings is 2. The van der Waals surface area contributed by atoms with Crippen LogP contribution in [-0.4, -0.2) is 73.7 Å². The molecule has 8 nitrogen and oxygen atoms in total. The van der Waals surface area contributed by atoms with Crippen LogP contribution in [0.3, 0.4) is 0 Å². The Kier molecular flexibility index (Phi) is 10.2. The number of carbonyl (C=O) groups is 2. The molecule has 1 aliphatic carbocycles. The second kappa shape index (κ2) is 14.3. The average Bonchev–Trinajstić information content (AvgIpc) is 3.44. The highest BCUT2D eigenvalue weighted by atomic mass is 19.1. The van der Waals surface area contributed by atoms with E-state index < -0.39 is 6.04 Å². The Hall–Kier alpha value is -3.59. The largest absolute Gasteiger partial charge is 0.490 e. The molecular formula is C34H46FN5O3. The van der Waals surface area contributed by atoms with Crippen molar-refractivity contribution < 1.29 is 18.7 Å². The number of rotatable bonds is 10. The molecule has 0 bridgehead atoms. The fraction of sp³-hybridized carbons (Fsp3) is 0.529. The van der Waals surface area contributed by atoms with Crippen molar-refractivity contribution in [1.82, 2.24) is 20.4 Å². The molecule has 1 saturated heterocycles. The molecule has 3 amide bonds. The summed E-state index contributed by atoms with van der Waals surface area (Å²) >= 11 is 0. The lowest BCUT2D eigenvalue weighted by Crippen LogP contribution is -2.54. The highest BCUT2D eigenvalue weighted by Gasteiger charge is 2.39. The first-order valence-electron chi connectivity index (χ1n) is 15.7. The van der Waals surface area contributed by atoms with Gasteiger partial charge < -0.3 is 30.5 Å². The Morgan fingerprint density at radius 2 is 1.81 bits per heavy atom. The van der Waals surface area contributed by atoms with Gasteiger partial charge in [-0.25, -0.2) is 9.18 Å². The molecule has 0 aromatic heterocycles. The lowest BCUT2D eigenvalue weighted by molar-refractivity contribution is -0.118. The van der Waals surface area contributed by atoms with Crippen LogP contribution >= 0.6 is 0 Å². The van der Waals surface area contributed by atoms with E-state index in [2.05, 4.69) is 40.0 Å². The zero-order chi connectivity index (χ0) is 30.3. The van der Waals surface area contributed by atoms with E-state index in [-0.39, 0.29) is 29.8 Å². The molecule has 0 radical (unpaired) electrons. The van der Waals surface area contributed by atoms with E-state index >= 15 is 0 Å². The van der Waals surface area contributed by atoms with Crippen molar-refractivity contribution in [2.75, 3.05) is 39.0 Å². The van der Waals surface area contributed by atoms with Crippen molar-refractivity contribution in [2.45, 2.75) is 70.1 Å². The number of hydrogen-bond donors (Lipinski definition) is 3. The van der Waals surface area contributed by atoms with Gasteiger partial charge in [0, 0.05) is 56.0 Å². The number of amides is 3. The van der Waals surface area contributed by atoms with Gasteiger partial charge in [-0.1, -0.05) is 31.9 Å². The monoisotopic (exact) mass is 591 g/mol. The normalized spacial score (nSPS) is 21.8. The van der Waals surface area contributed by atoms with E-state index in [0.717, 1.165) is 37.1 Å². The van der Waals surface area contributed by atoms with Gasteiger partial charge in [-0.15, -0.1) is 0 Å². The van der Waals surface area contributed by atoms with Gasteiger partial charge in [0.15, 0.2) is 0 Å². The first-order chi connectivity index (χ1) is 20.8. The Bertz CT molecular complexity index is 1280. The molecule has 2 aliphatic heterocycles. The fourth-order valence-corrected chi connectivity index (χ4v) is 6.60. The molecule has 1 unspecified atom stereocenters. The molecule has 5 rings (SSSR count). The fourth-order valence-electron chi connectivity index (χ4n) is 6.60. The minimum Gasteiger partial charge on any atom is -0.490 e. The van der Waals surface area contributed by atoms with E-state index in [0.29, 0.717) is 43.6 Å². The Labute approximate surface area is 255 Å². The SMILES string of the molecule is C[C@@H](C1=CN[C@H]2CCCCC12)[C@@H](NC(=O)N1CCC(Oc2ccc(F)cc2)CC1)C(=O)Nc1cccc(CCN(C)C)c1. The topological polar surface area (TPSA) is 85.9 Å². The zero-order valence-corrected chi connectivity index (χ0v) is 25.7. The van der Waals surface area contributed by atoms with Gasteiger partial charge in [0.2, 0.25) is 5.91 Å². The van der Waals surface area contributed by atoms with Gasteiger partial charge in [-0.2, -0.15) is 0 Å². The van der Waals surface area contributed by atoms with E-state index in [1.807, 2.05) is 32.3 Å². The van der Waals surface area contributed by atoms with E-state index in [1.54, 1.807) is 17.0 Å². The van der Waals surface area contributed by atoms with Crippen LogP contribution in [-0.2, 0) is 11.2 Å². The van der Waals surface area contributed by atoms with Crippen molar-refractivity contribution in [3.05, 3.63) is 71.7 Å². The number of carbonyl (C=O) groups excluding carboxylic acids is 2. The van der Waals surface area contributed by atoms with Crippen molar-refractivity contribution >= 4 is 17.6 Å². The van der Waals surface area contributed by atoms with Crippen LogP contribution < -0.4 is 20.7 Å². The standard InChI is InChI=1S/C34H46FN5O3/c1-23(30-22-36-31-10-5-4-9-29(30)31)32(33(41)37-26-8-6-7-24(21-26)15-18-39(2)3)38-34(42)40-19-16-28(17-20-40)43-27-13-11-25(35)12-14-27/h6-8,11-14,21-23,28-29,31-32,36H,4-5,9-10,15-20H2,1-3H3,(H,37,41)(H,38,42)/t23-,29?,31-,32+/m0/s1. The number of fused-ring (bicyclic) bond motifs is 1. The maximum absolute atomic E-state index is 13.9. The summed E-state index contributed by atoms with van der Waals surface area (Å²) in [6, 6.07) is 13.4. The number of urea groups is 1. The zero-order valence-electron chi connectivity index (χ0n) is 25.7. The lowest BCUT2D eigenvalue weighted by atomic mass is 9.76. The maximum Gasteiger partial charge on any atom is 0.318 e. The highest BCUT2D eigenvalue weighted by Crippen LogP contribution is 2.38. The summed E-state index contributed by atoms with van der Waals surface area (Å²) in [6.45, 7) is 4.01. The summed E-state index contributed by atoms with van der Waals surface area (Å²) in [5.74, 6) is 0.345. The van der Waals surface area contributed by atoms with Crippen LogP contribution in [0.5, 0.6) is 5.75 Å². The third-order valence-electron chi connectivity index (χ3n) is 9.13. The predicted molar refractivity (Wildman–Crippen MR) is 167 cm³/mol. The molecule has 43 heavy (non-hydrogen) atoms. The number of piperidine rings is 1. The van der Waals surface area contributed by atoms with Crippen LogP contribution in [0.25, 0.3) is 0 Å². The van der Waals surface area contributed by atoms with Crippen LogP contribution in [0, 0.1) is 17.7 Å². The molecule has 2 aromatic rings. The number of ether oxygens (including phenoxy) is 1. The molecule has 3 aliphatic rings. The predicted octanol–water partition coefficient (Wildman–Crippen LogP) is 5.17. The van der Waals surface area contributed by atoms with E-state index in [9.17, 15) is 14.0 Å². The third kappa shape index (κ3) is 8.07. The molecule has 0 spiro atoms. The minimum absolute atomic E-state index is 0.0507. The van der Waals surface area contributed by atoms with Crippen molar-refractivity contribution in [1.29, 1.82) is 0 Å². The summed E-state index contributed by atoms with van der Waals surface area (Å²) in [6.07, 6.45) is 8.89. The molecule has 3 N–H and O–H groups in total.